The number of hydrogen-bond acceptors (Lipinski definition) is 2. The van der Waals surface area contributed by atoms with Gasteiger partial charge in [-0.2, -0.15) is 5.10 Å². The predicted octanol–water partition coefficient (Wildman–Crippen LogP) is 4.51. The summed E-state index contributed by atoms with van der Waals surface area (Å²) in [6.45, 7) is 4.18. The minimum absolute atomic E-state index is 0.280. The van der Waals surface area contributed by atoms with Crippen molar-refractivity contribution >= 4 is 23.7 Å². The number of hydrogen-bond donors (Lipinski definition) is 1. The van der Waals surface area contributed by atoms with E-state index in [1.165, 1.54) is 11.1 Å². The molecule has 25 heavy (non-hydrogen) atoms. The zero-order chi connectivity index (χ0) is 17.8. The fourth-order valence-corrected chi connectivity index (χ4v) is 2.66. The molecular weight excluding hydrogens is 334 g/mol. The molecule has 0 spiro atoms. The molecular formula is C20H18ClN3O. The maximum absolute atomic E-state index is 12.1. The van der Waals surface area contributed by atoms with E-state index in [9.17, 15) is 4.79 Å². The molecule has 2 aromatic carbocycles. The van der Waals surface area contributed by atoms with Gasteiger partial charge in [-0.15, -0.1) is 0 Å². The molecule has 4 nitrogen and oxygen atoms in total. The van der Waals surface area contributed by atoms with Crippen molar-refractivity contribution in [2.75, 3.05) is 0 Å². The first kappa shape index (κ1) is 17.0. The van der Waals surface area contributed by atoms with Crippen LogP contribution >= 0.6 is 11.6 Å². The van der Waals surface area contributed by atoms with Gasteiger partial charge in [0.05, 0.1) is 11.9 Å². The van der Waals surface area contributed by atoms with Crippen molar-refractivity contribution in [3.8, 4) is 5.69 Å². The van der Waals surface area contributed by atoms with Gasteiger partial charge in [-0.3, -0.25) is 4.79 Å². The topological polar surface area (TPSA) is 46.4 Å². The Bertz CT molecular complexity index is 926. The first-order valence-corrected chi connectivity index (χ1v) is 8.27. The third-order valence-corrected chi connectivity index (χ3v) is 4.34. The highest BCUT2D eigenvalue weighted by Gasteiger charge is 2.07. The van der Waals surface area contributed by atoms with Crippen molar-refractivity contribution in [3.05, 3.63) is 88.2 Å². The Kier molecular flexibility index (Phi) is 5.00. The van der Waals surface area contributed by atoms with Crippen LogP contribution in [0.4, 0.5) is 0 Å². The molecule has 0 aliphatic rings. The van der Waals surface area contributed by atoms with E-state index < -0.39 is 0 Å². The maximum atomic E-state index is 12.1. The molecule has 0 saturated carbocycles. The normalized spacial score (nSPS) is 11.0. The van der Waals surface area contributed by atoms with Gasteiger partial charge in [0.2, 0.25) is 0 Å². The number of nitrogens with zero attached hydrogens (tertiary/aromatic N) is 2. The second kappa shape index (κ2) is 7.36. The fraction of sp³-hybridized carbons (Fsp3) is 0.100. The van der Waals surface area contributed by atoms with E-state index in [1.807, 2.05) is 29.0 Å². The second-order valence-electron chi connectivity index (χ2n) is 5.73. The lowest BCUT2D eigenvalue weighted by Crippen LogP contribution is -2.17. The first-order chi connectivity index (χ1) is 12.1. The number of amides is 1. The van der Waals surface area contributed by atoms with E-state index in [1.54, 1.807) is 30.5 Å². The van der Waals surface area contributed by atoms with E-state index in [4.69, 9.17) is 11.6 Å². The molecule has 0 saturated heterocycles. The molecule has 0 radical (unpaired) electrons. The van der Waals surface area contributed by atoms with Crippen LogP contribution in [0.3, 0.4) is 0 Å². The Hall–Kier alpha value is -2.85. The summed E-state index contributed by atoms with van der Waals surface area (Å²) in [5, 5.41) is 4.66. The molecule has 1 aromatic heterocycles. The van der Waals surface area contributed by atoms with Crippen molar-refractivity contribution in [2.24, 2.45) is 5.10 Å². The van der Waals surface area contributed by atoms with Gasteiger partial charge in [0.15, 0.2) is 0 Å². The zero-order valence-corrected chi connectivity index (χ0v) is 14.8. The molecule has 126 valence electrons. The summed E-state index contributed by atoms with van der Waals surface area (Å²) in [6, 6.07) is 16.7. The first-order valence-electron chi connectivity index (χ1n) is 7.89. The van der Waals surface area contributed by atoms with Crippen LogP contribution in [0.5, 0.6) is 0 Å². The van der Waals surface area contributed by atoms with Crippen molar-refractivity contribution in [3.63, 3.8) is 0 Å². The smallest absolute Gasteiger partial charge is 0.271 e. The van der Waals surface area contributed by atoms with Crippen LogP contribution in [0.1, 0.15) is 27.2 Å². The highest BCUT2D eigenvalue weighted by Crippen LogP contribution is 2.19. The van der Waals surface area contributed by atoms with E-state index in [0.29, 0.717) is 10.6 Å². The Balaban J connectivity index is 1.77. The van der Waals surface area contributed by atoms with E-state index in [-0.39, 0.29) is 5.91 Å². The van der Waals surface area contributed by atoms with Crippen molar-refractivity contribution < 1.29 is 4.79 Å². The summed E-state index contributed by atoms with van der Waals surface area (Å²) in [6.07, 6.45) is 3.61. The standard InChI is InChI=1S/C20H18ClN3O/c1-14-5-3-7-19(15(14)2)24-12-4-6-18(24)13-22-23-20(25)16-8-10-17(21)11-9-16/h3-13H,1-2H3,(H,23,25)/b22-13-. The summed E-state index contributed by atoms with van der Waals surface area (Å²) in [5.74, 6) is -0.280. The zero-order valence-electron chi connectivity index (χ0n) is 14.0. The van der Waals surface area contributed by atoms with Crippen LogP contribution in [-0.2, 0) is 0 Å². The van der Waals surface area contributed by atoms with Crippen LogP contribution in [0, 0.1) is 13.8 Å². The Morgan fingerprint density at radius 1 is 1.08 bits per heavy atom. The minimum atomic E-state index is -0.280. The molecule has 3 rings (SSSR count). The lowest BCUT2D eigenvalue weighted by atomic mass is 10.1. The predicted molar refractivity (Wildman–Crippen MR) is 102 cm³/mol. The number of nitrogens with one attached hydrogen (secondary N) is 1. The van der Waals surface area contributed by atoms with Crippen molar-refractivity contribution in [1.29, 1.82) is 0 Å². The van der Waals surface area contributed by atoms with Crippen molar-refractivity contribution in [1.82, 2.24) is 9.99 Å². The van der Waals surface area contributed by atoms with Gasteiger partial charge in [0.1, 0.15) is 0 Å². The van der Waals surface area contributed by atoms with Gasteiger partial charge < -0.3 is 4.57 Å². The van der Waals surface area contributed by atoms with Crippen LogP contribution in [0.2, 0.25) is 5.02 Å². The van der Waals surface area contributed by atoms with Crippen molar-refractivity contribution in [2.45, 2.75) is 13.8 Å². The van der Waals surface area contributed by atoms with E-state index in [0.717, 1.165) is 11.4 Å². The number of carbonyl (C=O) groups is 1. The van der Waals surface area contributed by atoms with Gasteiger partial charge in [-0.05, 0) is 67.4 Å². The number of rotatable bonds is 4. The molecule has 0 aliphatic carbocycles. The summed E-state index contributed by atoms with van der Waals surface area (Å²) in [7, 11) is 0. The molecule has 0 fully saturated rings. The summed E-state index contributed by atoms with van der Waals surface area (Å²) in [4.78, 5) is 12.1. The van der Waals surface area contributed by atoms with Crippen LogP contribution < -0.4 is 5.43 Å². The van der Waals surface area contributed by atoms with Crippen LogP contribution in [-0.4, -0.2) is 16.7 Å². The van der Waals surface area contributed by atoms with E-state index >= 15 is 0 Å². The van der Waals surface area contributed by atoms with Gasteiger partial charge >= 0.3 is 0 Å². The van der Waals surface area contributed by atoms with Gasteiger partial charge in [0.25, 0.3) is 5.91 Å². The third kappa shape index (κ3) is 3.80. The number of carbonyl (C=O) groups excluding carboxylic acids is 1. The number of aryl methyl sites for hydroxylation is 1. The van der Waals surface area contributed by atoms with Gasteiger partial charge in [-0.1, -0.05) is 23.7 Å². The quantitative estimate of drug-likeness (QED) is 0.545. The highest BCUT2D eigenvalue weighted by molar-refractivity contribution is 6.30. The summed E-state index contributed by atoms with van der Waals surface area (Å²) in [5.41, 5.74) is 7.45. The number of hydrazone groups is 1. The second-order valence-corrected chi connectivity index (χ2v) is 6.16. The highest BCUT2D eigenvalue weighted by atomic mass is 35.5. The molecule has 5 heteroatoms. The molecule has 3 aromatic rings. The molecule has 1 N–H and O–H groups in total. The summed E-state index contributed by atoms with van der Waals surface area (Å²) < 4.78 is 2.04. The Morgan fingerprint density at radius 3 is 2.60 bits per heavy atom. The average molecular weight is 352 g/mol. The van der Waals surface area contributed by atoms with Crippen LogP contribution in [0.25, 0.3) is 5.69 Å². The maximum Gasteiger partial charge on any atom is 0.271 e. The Labute approximate surface area is 151 Å². The SMILES string of the molecule is Cc1cccc(-n2cccc2/C=N\NC(=O)c2ccc(Cl)cc2)c1C. The average Bonchev–Trinajstić information content (AvgIpc) is 3.06. The lowest BCUT2D eigenvalue weighted by Gasteiger charge is -2.11. The molecule has 0 unspecified atom stereocenters. The molecule has 0 atom stereocenters. The minimum Gasteiger partial charge on any atom is -0.315 e. The molecule has 1 heterocycles. The largest absolute Gasteiger partial charge is 0.315 e. The van der Waals surface area contributed by atoms with Gasteiger partial charge in [0, 0.05) is 22.5 Å². The number of aromatic nitrogens is 1. The van der Waals surface area contributed by atoms with Crippen LogP contribution in [0.15, 0.2) is 65.9 Å². The third-order valence-electron chi connectivity index (χ3n) is 4.09. The number of halogens is 1. The Morgan fingerprint density at radius 2 is 1.84 bits per heavy atom. The van der Waals surface area contributed by atoms with Gasteiger partial charge in [-0.25, -0.2) is 5.43 Å². The molecule has 0 bridgehead atoms. The molecule has 1 amide bonds. The number of benzene rings is 2. The monoisotopic (exact) mass is 351 g/mol. The van der Waals surface area contributed by atoms with E-state index in [2.05, 4.69) is 36.5 Å². The molecule has 0 aliphatic heterocycles. The lowest BCUT2D eigenvalue weighted by molar-refractivity contribution is 0.0955. The fourth-order valence-electron chi connectivity index (χ4n) is 2.54. The summed E-state index contributed by atoms with van der Waals surface area (Å²) >= 11 is 5.82.